The first-order valence-electron chi connectivity index (χ1n) is 13.0. The number of fused-ring (bicyclic) bond motifs is 1. The molecule has 0 saturated heterocycles. The van der Waals surface area contributed by atoms with Gasteiger partial charge in [-0.15, -0.1) is 0 Å². The maximum absolute atomic E-state index is 12.9. The molecule has 0 unspecified atom stereocenters. The molecule has 0 atom stereocenters. The number of nitrogens with zero attached hydrogens (tertiary/aromatic N) is 3. The SMILES string of the molecule is CCCCCN(C)c1ccc(Nc2ncnc3cc(OCCOC)c(OC)cc23)c(C2=CC(=O)C=CC2=O)c1. The number of nitrogens with one attached hydrogen (secondary N) is 1. The third kappa shape index (κ3) is 6.61. The minimum atomic E-state index is -0.226. The van der Waals surface area contributed by atoms with Gasteiger partial charge in [-0.05, 0) is 48.9 Å². The molecule has 0 fully saturated rings. The third-order valence-corrected chi connectivity index (χ3v) is 6.50. The maximum Gasteiger partial charge on any atom is 0.186 e. The predicted octanol–water partition coefficient (Wildman–Crippen LogP) is 5.13. The fraction of sp³-hybridized carbons (Fsp3) is 0.333. The highest BCUT2D eigenvalue weighted by Crippen LogP contribution is 2.37. The number of ether oxygens (including phenoxy) is 3. The first-order valence-corrected chi connectivity index (χ1v) is 13.0. The van der Waals surface area contributed by atoms with E-state index in [1.807, 2.05) is 31.3 Å². The van der Waals surface area contributed by atoms with Crippen LogP contribution in [0.5, 0.6) is 11.5 Å². The molecule has 0 bridgehead atoms. The molecule has 1 aliphatic rings. The zero-order valence-corrected chi connectivity index (χ0v) is 22.8. The Balaban J connectivity index is 1.74. The van der Waals surface area contributed by atoms with Crippen LogP contribution < -0.4 is 19.7 Å². The summed E-state index contributed by atoms with van der Waals surface area (Å²) in [6.07, 6.45) is 8.79. The van der Waals surface area contributed by atoms with Crippen LogP contribution in [0.3, 0.4) is 0 Å². The summed E-state index contributed by atoms with van der Waals surface area (Å²) in [4.78, 5) is 36.1. The monoisotopic (exact) mass is 530 g/mol. The average molecular weight is 531 g/mol. The number of allylic oxidation sites excluding steroid dienone is 4. The van der Waals surface area contributed by atoms with Crippen LogP contribution in [0.4, 0.5) is 17.2 Å². The van der Waals surface area contributed by atoms with Crippen LogP contribution in [0.25, 0.3) is 16.5 Å². The van der Waals surface area contributed by atoms with Crippen molar-refractivity contribution in [2.75, 3.05) is 51.2 Å². The lowest BCUT2D eigenvalue weighted by molar-refractivity contribution is -0.113. The summed E-state index contributed by atoms with van der Waals surface area (Å²) in [6.45, 7) is 3.87. The highest BCUT2D eigenvalue weighted by Gasteiger charge is 2.21. The van der Waals surface area contributed by atoms with Crippen LogP contribution in [0, 0.1) is 0 Å². The van der Waals surface area contributed by atoms with Crippen LogP contribution in [0.15, 0.2) is 54.9 Å². The quantitative estimate of drug-likeness (QED) is 0.238. The second-order valence-electron chi connectivity index (χ2n) is 9.23. The molecule has 1 aliphatic carbocycles. The van der Waals surface area contributed by atoms with Crippen molar-refractivity contribution < 1.29 is 23.8 Å². The van der Waals surface area contributed by atoms with Crippen LogP contribution in [0.2, 0.25) is 0 Å². The number of carbonyl (C=O) groups is 2. The van der Waals surface area contributed by atoms with E-state index in [2.05, 4.69) is 27.1 Å². The van der Waals surface area contributed by atoms with Crippen molar-refractivity contribution in [3.05, 3.63) is 60.5 Å². The lowest BCUT2D eigenvalue weighted by atomic mass is 9.94. The van der Waals surface area contributed by atoms with E-state index in [0.29, 0.717) is 58.3 Å². The lowest BCUT2D eigenvalue weighted by Gasteiger charge is -2.22. The summed E-state index contributed by atoms with van der Waals surface area (Å²) in [6, 6.07) is 9.45. The zero-order chi connectivity index (χ0) is 27.8. The molecule has 3 aromatic rings. The van der Waals surface area contributed by atoms with Crippen LogP contribution in [0.1, 0.15) is 31.7 Å². The second kappa shape index (κ2) is 13.0. The van der Waals surface area contributed by atoms with E-state index in [1.165, 1.54) is 24.6 Å². The van der Waals surface area contributed by atoms with Crippen molar-refractivity contribution in [2.45, 2.75) is 26.2 Å². The molecule has 0 radical (unpaired) electrons. The smallest absolute Gasteiger partial charge is 0.186 e. The lowest BCUT2D eigenvalue weighted by Crippen LogP contribution is -2.19. The van der Waals surface area contributed by atoms with Gasteiger partial charge in [0.05, 0.1) is 19.2 Å². The topological polar surface area (TPSA) is 103 Å². The molecule has 9 nitrogen and oxygen atoms in total. The summed E-state index contributed by atoms with van der Waals surface area (Å²) >= 11 is 0. The second-order valence-corrected chi connectivity index (χ2v) is 9.23. The first-order chi connectivity index (χ1) is 18.9. The number of anilines is 3. The van der Waals surface area contributed by atoms with Gasteiger partial charge in [-0.25, -0.2) is 9.97 Å². The molecule has 39 heavy (non-hydrogen) atoms. The minimum absolute atomic E-state index is 0.226. The van der Waals surface area contributed by atoms with Gasteiger partial charge in [0, 0.05) is 54.7 Å². The summed E-state index contributed by atoms with van der Waals surface area (Å²) < 4.78 is 16.4. The van der Waals surface area contributed by atoms with Gasteiger partial charge >= 0.3 is 0 Å². The normalized spacial score (nSPS) is 13.0. The van der Waals surface area contributed by atoms with Gasteiger partial charge in [0.15, 0.2) is 23.1 Å². The van der Waals surface area contributed by atoms with Gasteiger partial charge in [0.25, 0.3) is 0 Å². The Kier molecular flexibility index (Phi) is 9.27. The van der Waals surface area contributed by atoms with E-state index < -0.39 is 0 Å². The van der Waals surface area contributed by atoms with Crippen molar-refractivity contribution in [2.24, 2.45) is 0 Å². The van der Waals surface area contributed by atoms with E-state index in [1.54, 1.807) is 20.3 Å². The van der Waals surface area contributed by atoms with Crippen molar-refractivity contribution in [3.8, 4) is 11.5 Å². The van der Waals surface area contributed by atoms with Gasteiger partial charge in [-0.2, -0.15) is 0 Å². The van der Waals surface area contributed by atoms with Crippen molar-refractivity contribution in [1.82, 2.24) is 9.97 Å². The van der Waals surface area contributed by atoms with E-state index in [0.717, 1.165) is 31.5 Å². The molecule has 1 N–H and O–H groups in total. The molecular formula is C30H34N4O5. The molecule has 0 amide bonds. The van der Waals surface area contributed by atoms with E-state index in [4.69, 9.17) is 14.2 Å². The average Bonchev–Trinajstić information content (AvgIpc) is 2.94. The molecule has 0 saturated carbocycles. The standard InChI is InChI=1S/C30H34N4O5/c1-5-6-7-12-34(2)20-8-10-25(22(15-20)23-16-21(35)9-11-27(23)36)33-30-24-17-28(38-4)29(39-14-13-37-3)18-26(24)31-19-32-30/h8-11,15-19H,5-7,12-14H2,1-4H3,(H,31,32,33). The summed E-state index contributed by atoms with van der Waals surface area (Å²) in [5, 5.41) is 4.08. The van der Waals surface area contributed by atoms with Gasteiger partial charge in [-0.1, -0.05) is 19.8 Å². The molecular weight excluding hydrogens is 496 g/mol. The minimum Gasteiger partial charge on any atom is -0.493 e. The number of rotatable bonds is 13. The fourth-order valence-corrected chi connectivity index (χ4v) is 4.35. The summed E-state index contributed by atoms with van der Waals surface area (Å²) in [5.41, 5.74) is 3.20. The van der Waals surface area contributed by atoms with E-state index in [9.17, 15) is 9.59 Å². The van der Waals surface area contributed by atoms with E-state index in [-0.39, 0.29) is 11.6 Å². The molecule has 4 rings (SSSR count). The molecule has 1 heterocycles. The third-order valence-electron chi connectivity index (χ3n) is 6.50. The Morgan fingerprint density at radius 3 is 2.59 bits per heavy atom. The number of benzene rings is 2. The van der Waals surface area contributed by atoms with Crippen LogP contribution >= 0.6 is 0 Å². The van der Waals surface area contributed by atoms with Crippen LogP contribution in [-0.2, 0) is 14.3 Å². The number of ketones is 2. The number of hydrogen-bond acceptors (Lipinski definition) is 9. The Morgan fingerprint density at radius 1 is 0.974 bits per heavy atom. The first kappa shape index (κ1) is 27.8. The molecule has 1 aromatic heterocycles. The predicted molar refractivity (Wildman–Crippen MR) is 153 cm³/mol. The number of methoxy groups -OCH3 is 2. The summed E-state index contributed by atoms with van der Waals surface area (Å²) in [7, 11) is 5.21. The number of hydrogen-bond donors (Lipinski definition) is 1. The number of carbonyl (C=O) groups excluding carboxylic acids is 2. The Labute approximate surface area is 228 Å². The van der Waals surface area contributed by atoms with Crippen molar-refractivity contribution >= 4 is 45.2 Å². The molecule has 0 spiro atoms. The Morgan fingerprint density at radius 2 is 1.82 bits per heavy atom. The summed E-state index contributed by atoms with van der Waals surface area (Å²) in [5.74, 6) is 1.15. The molecule has 204 valence electrons. The van der Waals surface area contributed by atoms with E-state index >= 15 is 0 Å². The maximum atomic E-state index is 12.9. The van der Waals surface area contributed by atoms with Gasteiger partial charge in [-0.3, -0.25) is 9.59 Å². The Hall–Kier alpha value is -4.24. The Bertz CT molecular complexity index is 1420. The largest absolute Gasteiger partial charge is 0.493 e. The van der Waals surface area contributed by atoms with Gasteiger partial charge in [0.2, 0.25) is 0 Å². The van der Waals surface area contributed by atoms with Gasteiger partial charge < -0.3 is 24.4 Å². The van der Waals surface area contributed by atoms with Crippen LogP contribution in [-0.4, -0.2) is 62.6 Å². The molecule has 0 aliphatic heterocycles. The van der Waals surface area contributed by atoms with Crippen molar-refractivity contribution in [1.29, 1.82) is 0 Å². The molecule has 2 aromatic carbocycles. The zero-order valence-electron chi connectivity index (χ0n) is 22.8. The van der Waals surface area contributed by atoms with Gasteiger partial charge in [0.1, 0.15) is 18.8 Å². The van der Waals surface area contributed by atoms with Crippen molar-refractivity contribution in [3.63, 3.8) is 0 Å². The highest BCUT2D eigenvalue weighted by atomic mass is 16.5. The fourth-order valence-electron chi connectivity index (χ4n) is 4.35. The highest BCUT2D eigenvalue weighted by molar-refractivity contribution is 6.34. The number of aromatic nitrogens is 2. The molecule has 9 heteroatoms. The number of unbranched alkanes of at least 4 members (excludes halogenated alkanes) is 2.